The van der Waals surface area contributed by atoms with E-state index in [4.69, 9.17) is 0 Å². The van der Waals surface area contributed by atoms with Gasteiger partial charge in [0.15, 0.2) is 0 Å². The van der Waals surface area contributed by atoms with Crippen LogP contribution in [-0.4, -0.2) is 12.3 Å². The van der Waals surface area contributed by atoms with E-state index in [9.17, 15) is 0 Å². The second-order valence-electron chi connectivity index (χ2n) is 3.42. The van der Waals surface area contributed by atoms with Crippen LogP contribution < -0.4 is 5.30 Å². The molecule has 0 bridgehead atoms. The number of rotatable bonds is 1. The van der Waals surface area contributed by atoms with Crippen molar-refractivity contribution in [1.29, 1.82) is 0 Å². The molecule has 13 heavy (non-hydrogen) atoms. The second-order valence-corrected chi connectivity index (χ2v) is 20.3. The van der Waals surface area contributed by atoms with E-state index < -0.39 is 4.01 Å². The summed E-state index contributed by atoms with van der Waals surface area (Å²) >= 11 is 7.89. The molecule has 0 aromatic heterocycles. The molecule has 0 spiro atoms. The molecule has 3 heteroatoms. The fourth-order valence-electron chi connectivity index (χ4n) is 1.60. The summed E-state index contributed by atoms with van der Waals surface area (Å²) in [6.07, 6.45) is 6.76. The van der Waals surface area contributed by atoms with Gasteiger partial charge in [-0.1, -0.05) is 0 Å². The fraction of sp³-hybridized carbons (Fsp3) is 0.200. The summed E-state index contributed by atoms with van der Waals surface area (Å²) in [5.74, 6) is 0. The first kappa shape index (κ1) is 9.89. The van der Waals surface area contributed by atoms with Crippen molar-refractivity contribution in [2.24, 2.45) is 0 Å². The van der Waals surface area contributed by atoms with Crippen molar-refractivity contribution < 1.29 is 0 Å². The third-order valence-corrected chi connectivity index (χ3v) is 11.6. The van der Waals surface area contributed by atoms with Crippen molar-refractivity contribution in [3.63, 3.8) is 0 Å². The summed E-state index contributed by atoms with van der Waals surface area (Å²) in [5, 5.41) is 1.42. The molecule has 1 aromatic rings. The Morgan fingerprint density at radius 2 is 1.46 bits per heavy atom. The molecule has 0 atom stereocenters. The van der Waals surface area contributed by atoms with Crippen LogP contribution in [0.2, 0.25) is 0 Å². The van der Waals surface area contributed by atoms with Crippen LogP contribution in [0.15, 0.2) is 42.5 Å². The first-order valence-corrected chi connectivity index (χ1v) is 10.9. The molecule has 0 unspecified atom stereocenters. The zero-order chi connectivity index (χ0) is 9.39. The van der Waals surface area contributed by atoms with E-state index in [1.807, 2.05) is 0 Å². The Labute approximate surface area is 94.8 Å². The summed E-state index contributed by atoms with van der Waals surface area (Å²) in [7, 11) is 0. The monoisotopic (exact) mass is 320 g/mol. The van der Waals surface area contributed by atoms with Crippen LogP contribution in [0.25, 0.3) is 0 Å². The van der Waals surface area contributed by atoms with Gasteiger partial charge in [-0.15, -0.1) is 0 Å². The summed E-state index contributed by atoms with van der Waals surface area (Å²) in [5.41, 5.74) is 0. The maximum atomic E-state index is 3.94. The standard InChI is InChI=1S/C10H11Br2P/c11-13(12,8-4-5-9-13)10-6-2-1-3-7-10/h1-7H,8-9H2. The van der Waals surface area contributed by atoms with Crippen LogP contribution in [0.3, 0.4) is 0 Å². The van der Waals surface area contributed by atoms with Gasteiger partial charge in [0.05, 0.1) is 0 Å². The molecule has 0 N–H and O–H groups in total. The Bertz CT molecular complexity index is 331. The van der Waals surface area contributed by atoms with Crippen molar-refractivity contribution >= 4 is 40.3 Å². The number of benzene rings is 1. The van der Waals surface area contributed by atoms with Crippen LogP contribution in [-0.2, 0) is 0 Å². The average Bonchev–Trinajstić information content (AvgIpc) is 2.51. The molecule has 0 aliphatic carbocycles. The van der Waals surface area contributed by atoms with Gasteiger partial charge in [0, 0.05) is 0 Å². The number of halogens is 2. The topological polar surface area (TPSA) is 0 Å². The third-order valence-electron chi connectivity index (χ3n) is 2.41. The SMILES string of the molecule is BrP1(Br)(c2ccccc2)CC=CC1. The molecule has 1 aliphatic rings. The van der Waals surface area contributed by atoms with Crippen LogP contribution >= 0.6 is 35.0 Å². The quantitative estimate of drug-likeness (QED) is 0.540. The minimum atomic E-state index is -1.92. The van der Waals surface area contributed by atoms with Crippen LogP contribution in [0, 0.1) is 0 Å². The summed E-state index contributed by atoms with van der Waals surface area (Å²) in [4.78, 5) is 0. The van der Waals surface area contributed by atoms with Gasteiger partial charge in [-0.3, -0.25) is 0 Å². The summed E-state index contributed by atoms with van der Waals surface area (Å²) in [6.45, 7) is 0. The van der Waals surface area contributed by atoms with Crippen molar-refractivity contribution in [3.8, 4) is 0 Å². The van der Waals surface area contributed by atoms with Gasteiger partial charge in [0.2, 0.25) is 0 Å². The Balaban J connectivity index is 2.46. The Kier molecular flexibility index (Phi) is 2.42. The fourth-order valence-corrected chi connectivity index (χ4v) is 7.54. The van der Waals surface area contributed by atoms with Gasteiger partial charge in [-0.2, -0.15) is 0 Å². The molecule has 2 rings (SSSR count). The summed E-state index contributed by atoms with van der Waals surface area (Å²) in [6, 6.07) is 10.7. The van der Waals surface area contributed by atoms with Crippen molar-refractivity contribution in [3.05, 3.63) is 42.5 Å². The van der Waals surface area contributed by atoms with Crippen molar-refractivity contribution in [2.75, 3.05) is 12.3 Å². The Hall–Kier alpha value is 0.350. The van der Waals surface area contributed by atoms with E-state index in [0.717, 1.165) is 12.3 Å². The van der Waals surface area contributed by atoms with Gasteiger partial charge in [-0.25, -0.2) is 0 Å². The van der Waals surface area contributed by atoms with Crippen molar-refractivity contribution in [1.82, 2.24) is 0 Å². The average molecular weight is 322 g/mol. The van der Waals surface area contributed by atoms with Crippen LogP contribution in [0.4, 0.5) is 0 Å². The van der Waals surface area contributed by atoms with Gasteiger partial charge < -0.3 is 0 Å². The first-order chi connectivity index (χ1) is 6.10. The van der Waals surface area contributed by atoms with E-state index in [1.54, 1.807) is 0 Å². The van der Waals surface area contributed by atoms with E-state index in [1.165, 1.54) is 5.30 Å². The van der Waals surface area contributed by atoms with E-state index in [2.05, 4.69) is 73.5 Å². The number of hydrogen-bond acceptors (Lipinski definition) is 0. The van der Waals surface area contributed by atoms with E-state index >= 15 is 0 Å². The molecule has 0 fully saturated rings. The van der Waals surface area contributed by atoms with E-state index in [0.29, 0.717) is 0 Å². The molecule has 1 heterocycles. The molecule has 0 saturated carbocycles. The summed E-state index contributed by atoms with van der Waals surface area (Å²) < 4.78 is -1.92. The zero-order valence-electron chi connectivity index (χ0n) is 7.16. The van der Waals surface area contributed by atoms with Gasteiger partial charge >= 0.3 is 95.1 Å². The van der Waals surface area contributed by atoms with Crippen LogP contribution in [0.5, 0.6) is 0 Å². The Morgan fingerprint density at radius 1 is 0.923 bits per heavy atom. The number of hydrogen-bond donors (Lipinski definition) is 0. The third kappa shape index (κ3) is 1.77. The molecular weight excluding hydrogens is 311 g/mol. The predicted molar refractivity (Wildman–Crippen MR) is 69.7 cm³/mol. The molecule has 0 nitrogen and oxygen atoms in total. The number of allylic oxidation sites excluding steroid dienone is 2. The molecule has 1 aliphatic heterocycles. The first-order valence-electron chi connectivity index (χ1n) is 4.25. The van der Waals surface area contributed by atoms with E-state index in [-0.39, 0.29) is 0 Å². The predicted octanol–water partition coefficient (Wildman–Crippen LogP) is 4.05. The van der Waals surface area contributed by atoms with Gasteiger partial charge in [0.25, 0.3) is 0 Å². The molecule has 0 amide bonds. The molecule has 0 saturated heterocycles. The molecule has 1 aromatic carbocycles. The minimum absolute atomic E-state index is 1.12. The molecule has 0 radical (unpaired) electrons. The molecular formula is C10H11Br2P. The zero-order valence-corrected chi connectivity index (χ0v) is 11.2. The van der Waals surface area contributed by atoms with Gasteiger partial charge in [-0.05, 0) is 0 Å². The van der Waals surface area contributed by atoms with Crippen molar-refractivity contribution in [2.45, 2.75) is 0 Å². The Morgan fingerprint density at radius 3 is 2.00 bits per heavy atom. The van der Waals surface area contributed by atoms with Crippen LogP contribution in [0.1, 0.15) is 0 Å². The normalized spacial score (nSPS) is 26.5. The molecule has 70 valence electrons. The van der Waals surface area contributed by atoms with Gasteiger partial charge in [0.1, 0.15) is 0 Å². The second kappa shape index (κ2) is 3.18. The maximum absolute atomic E-state index is 3.94.